The fourth-order valence-electron chi connectivity index (χ4n) is 4.34. The molecule has 0 radical (unpaired) electrons. The average molecular weight is 472 g/mol. The predicted molar refractivity (Wildman–Crippen MR) is 132 cm³/mol. The number of benzene rings is 1. The largest absolute Gasteiger partial charge is 0.490 e. The van der Waals surface area contributed by atoms with Gasteiger partial charge in [-0.05, 0) is 51.0 Å². The molecule has 1 aromatic carbocycles. The van der Waals surface area contributed by atoms with Crippen molar-refractivity contribution in [1.82, 2.24) is 14.3 Å². The minimum Gasteiger partial charge on any atom is -0.490 e. The predicted octanol–water partition coefficient (Wildman–Crippen LogP) is 3.85. The number of hydrogen-bond acceptors (Lipinski definition) is 8. The summed E-state index contributed by atoms with van der Waals surface area (Å²) < 4.78 is 14.3. The van der Waals surface area contributed by atoms with Crippen molar-refractivity contribution < 1.29 is 14.3 Å². The van der Waals surface area contributed by atoms with Crippen LogP contribution in [0.1, 0.15) is 32.6 Å². The van der Waals surface area contributed by atoms with Crippen molar-refractivity contribution in [2.75, 3.05) is 49.3 Å². The lowest BCUT2D eigenvalue weighted by Gasteiger charge is -2.34. The third-order valence-electron chi connectivity index (χ3n) is 6.10. The van der Waals surface area contributed by atoms with Crippen LogP contribution in [0.2, 0.25) is 0 Å². The standard InChI is InChI=1S/C24H33N5O3S/c1-3-31-20-8-4-5-9-21(20)32-19-7-6-12-28(17-19)23-16-25-15-22(26-23)27-24(30)18-10-13-29(33-2)14-11-18/h4-5,8-9,15-16,18-19H,3,6-7,10-14,17H2,1-2H3,(H,26,27,30). The maximum absolute atomic E-state index is 12.7. The van der Waals surface area contributed by atoms with Crippen LogP contribution in [0, 0.1) is 5.92 Å². The van der Waals surface area contributed by atoms with Gasteiger partial charge >= 0.3 is 0 Å². The summed E-state index contributed by atoms with van der Waals surface area (Å²) >= 11 is 1.74. The second kappa shape index (κ2) is 11.6. The zero-order chi connectivity index (χ0) is 23.0. The molecule has 33 heavy (non-hydrogen) atoms. The molecule has 1 atom stereocenters. The van der Waals surface area contributed by atoms with Gasteiger partial charge in [-0.25, -0.2) is 4.98 Å². The number of carbonyl (C=O) groups is 1. The van der Waals surface area contributed by atoms with E-state index in [1.165, 1.54) is 0 Å². The van der Waals surface area contributed by atoms with Crippen LogP contribution in [-0.4, -0.2) is 65.3 Å². The van der Waals surface area contributed by atoms with Gasteiger partial charge in [0.15, 0.2) is 17.3 Å². The summed E-state index contributed by atoms with van der Waals surface area (Å²) in [5.41, 5.74) is 0. The number of ether oxygens (including phenoxy) is 2. The van der Waals surface area contributed by atoms with Crippen molar-refractivity contribution in [3.8, 4) is 11.5 Å². The Kier molecular flexibility index (Phi) is 8.28. The van der Waals surface area contributed by atoms with Gasteiger partial charge in [0, 0.05) is 25.6 Å². The van der Waals surface area contributed by atoms with Gasteiger partial charge in [0.05, 0.1) is 25.5 Å². The highest BCUT2D eigenvalue weighted by Gasteiger charge is 2.26. The van der Waals surface area contributed by atoms with Crippen LogP contribution >= 0.6 is 11.9 Å². The molecule has 0 spiro atoms. The molecule has 1 N–H and O–H groups in total. The summed E-state index contributed by atoms with van der Waals surface area (Å²) in [6.07, 6.45) is 9.18. The number of hydrogen-bond donors (Lipinski definition) is 1. The van der Waals surface area contributed by atoms with Gasteiger partial charge < -0.3 is 19.7 Å². The fourth-order valence-corrected chi connectivity index (χ4v) is 4.92. The molecule has 178 valence electrons. The second-order valence-corrected chi connectivity index (χ2v) is 9.23. The number of anilines is 2. The van der Waals surface area contributed by atoms with Crippen LogP contribution in [0.25, 0.3) is 0 Å². The van der Waals surface area contributed by atoms with E-state index in [0.717, 1.165) is 62.6 Å². The number of rotatable bonds is 8. The molecule has 2 aromatic rings. The second-order valence-electron chi connectivity index (χ2n) is 8.35. The first-order valence-electron chi connectivity index (χ1n) is 11.7. The monoisotopic (exact) mass is 471 g/mol. The van der Waals surface area contributed by atoms with E-state index in [0.29, 0.717) is 19.0 Å². The third kappa shape index (κ3) is 6.29. The maximum Gasteiger partial charge on any atom is 0.228 e. The van der Waals surface area contributed by atoms with Crippen LogP contribution in [0.4, 0.5) is 11.6 Å². The van der Waals surface area contributed by atoms with Gasteiger partial charge in [0.1, 0.15) is 11.9 Å². The molecule has 0 aliphatic carbocycles. The Labute approximate surface area is 200 Å². The Balaban J connectivity index is 1.36. The first-order chi connectivity index (χ1) is 16.2. The number of piperidine rings is 2. The van der Waals surface area contributed by atoms with Crippen LogP contribution in [0.5, 0.6) is 11.5 Å². The van der Waals surface area contributed by atoms with E-state index < -0.39 is 0 Å². The van der Waals surface area contributed by atoms with Gasteiger partial charge in [-0.15, -0.1) is 0 Å². The molecule has 1 aromatic heterocycles. The minimum atomic E-state index is 0.0250. The molecular formula is C24H33N5O3S. The Morgan fingerprint density at radius 1 is 1.15 bits per heavy atom. The van der Waals surface area contributed by atoms with Gasteiger partial charge in [-0.2, -0.15) is 0 Å². The van der Waals surface area contributed by atoms with E-state index in [2.05, 4.69) is 30.7 Å². The molecule has 2 aliphatic heterocycles. The number of nitrogens with zero attached hydrogens (tertiary/aromatic N) is 4. The smallest absolute Gasteiger partial charge is 0.228 e. The van der Waals surface area contributed by atoms with Gasteiger partial charge in [0.25, 0.3) is 0 Å². The molecule has 1 unspecified atom stereocenters. The summed E-state index contributed by atoms with van der Waals surface area (Å²) in [4.78, 5) is 23.9. The van der Waals surface area contributed by atoms with Crippen LogP contribution in [-0.2, 0) is 4.79 Å². The molecule has 2 aliphatic rings. The van der Waals surface area contributed by atoms with Crippen LogP contribution in [0.3, 0.4) is 0 Å². The van der Waals surface area contributed by atoms with E-state index in [1.54, 1.807) is 24.3 Å². The molecule has 9 heteroatoms. The van der Waals surface area contributed by atoms with E-state index in [4.69, 9.17) is 9.47 Å². The van der Waals surface area contributed by atoms with E-state index >= 15 is 0 Å². The maximum atomic E-state index is 12.7. The van der Waals surface area contributed by atoms with Crippen LogP contribution < -0.4 is 19.7 Å². The average Bonchev–Trinajstić information content (AvgIpc) is 2.86. The summed E-state index contributed by atoms with van der Waals surface area (Å²) in [5, 5.41) is 2.98. The van der Waals surface area contributed by atoms with Crippen molar-refractivity contribution in [1.29, 1.82) is 0 Å². The highest BCUT2D eigenvalue weighted by Crippen LogP contribution is 2.30. The number of nitrogens with one attached hydrogen (secondary N) is 1. The van der Waals surface area contributed by atoms with Gasteiger partial charge in [0.2, 0.25) is 5.91 Å². The summed E-state index contributed by atoms with van der Waals surface area (Å²) in [6, 6.07) is 7.79. The Morgan fingerprint density at radius 3 is 2.70 bits per heavy atom. The zero-order valence-corrected chi connectivity index (χ0v) is 20.2. The quantitative estimate of drug-likeness (QED) is 0.582. The van der Waals surface area contributed by atoms with E-state index in [-0.39, 0.29) is 17.9 Å². The van der Waals surface area contributed by atoms with Crippen LogP contribution in [0.15, 0.2) is 36.7 Å². The summed E-state index contributed by atoms with van der Waals surface area (Å²) in [5.74, 6) is 2.87. The highest BCUT2D eigenvalue weighted by atomic mass is 32.2. The number of amides is 1. The summed E-state index contributed by atoms with van der Waals surface area (Å²) in [6.45, 7) is 6.03. The molecule has 2 fully saturated rings. The molecule has 8 nitrogen and oxygen atoms in total. The SMILES string of the molecule is CCOc1ccccc1OC1CCCN(c2cncc(NC(=O)C3CCN(SC)CC3)n2)C1. The molecule has 2 saturated heterocycles. The highest BCUT2D eigenvalue weighted by molar-refractivity contribution is 7.96. The molecule has 0 bridgehead atoms. The topological polar surface area (TPSA) is 79.8 Å². The number of aromatic nitrogens is 2. The Bertz CT molecular complexity index is 922. The lowest BCUT2D eigenvalue weighted by molar-refractivity contribution is -0.120. The molecular weight excluding hydrogens is 438 g/mol. The number of carbonyl (C=O) groups excluding carboxylic acids is 1. The lowest BCUT2D eigenvalue weighted by atomic mass is 9.97. The van der Waals surface area contributed by atoms with Crippen molar-refractivity contribution >= 4 is 29.5 Å². The number of para-hydroxylation sites is 2. The van der Waals surface area contributed by atoms with E-state index in [1.807, 2.05) is 31.2 Å². The normalized spacial score (nSPS) is 19.8. The Morgan fingerprint density at radius 2 is 1.94 bits per heavy atom. The van der Waals surface area contributed by atoms with Gasteiger partial charge in [-0.3, -0.25) is 14.1 Å². The third-order valence-corrected chi connectivity index (χ3v) is 6.98. The summed E-state index contributed by atoms with van der Waals surface area (Å²) in [7, 11) is 0. The molecule has 0 saturated carbocycles. The Hall–Kier alpha value is -2.52. The van der Waals surface area contributed by atoms with Crippen molar-refractivity contribution in [3.05, 3.63) is 36.7 Å². The zero-order valence-electron chi connectivity index (χ0n) is 19.4. The molecule has 1 amide bonds. The molecule has 4 rings (SSSR count). The fraction of sp³-hybridized carbons (Fsp3) is 0.542. The van der Waals surface area contributed by atoms with Crippen molar-refractivity contribution in [2.45, 2.75) is 38.7 Å². The minimum absolute atomic E-state index is 0.0250. The van der Waals surface area contributed by atoms with Gasteiger partial charge in [-0.1, -0.05) is 24.1 Å². The van der Waals surface area contributed by atoms with E-state index in [9.17, 15) is 4.79 Å². The first-order valence-corrected chi connectivity index (χ1v) is 12.9. The lowest BCUT2D eigenvalue weighted by Crippen LogP contribution is -2.41. The first kappa shape index (κ1) is 23.6. The van der Waals surface area contributed by atoms with Crippen molar-refractivity contribution in [2.24, 2.45) is 5.92 Å². The molecule has 3 heterocycles. The van der Waals surface area contributed by atoms with Crippen molar-refractivity contribution in [3.63, 3.8) is 0 Å².